The highest BCUT2D eigenvalue weighted by molar-refractivity contribution is 7.15. The Morgan fingerprint density at radius 1 is 1.18 bits per heavy atom. The molecule has 2 aromatic carbocycles. The third-order valence-electron chi connectivity index (χ3n) is 5.24. The molecule has 0 spiro atoms. The minimum Gasteiger partial charge on any atom is -0.374 e. The van der Waals surface area contributed by atoms with Crippen LogP contribution in [0.2, 0.25) is 14.4 Å². The van der Waals surface area contributed by atoms with Crippen LogP contribution in [0.4, 0.5) is 13.2 Å². The van der Waals surface area contributed by atoms with Gasteiger partial charge in [0.25, 0.3) is 11.5 Å². The number of rotatable bonds is 5. The molecule has 178 valence electrons. The van der Waals surface area contributed by atoms with E-state index in [-0.39, 0.29) is 33.8 Å². The highest BCUT2D eigenvalue weighted by Gasteiger charge is 2.62. The summed E-state index contributed by atoms with van der Waals surface area (Å²) in [7, 11) is 0. The van der Waals surface area contributed by atoms with E-state index < -0.39 is 18.2 Å². The lowest BCUT2D eigenvalue weighted by Crippen LogP contribution is -2.42. The van der Waals surface area contributed by atoms with Gasteiger partial charge in [-0.3, -0.25) is 4.79 Å². The summed E-state index contributed by atoms with van der Waals surface area (Å²) in [6.07, 6.45) is -3.88. The molecule has 12 heteroatoms. The highest BCUT2D eigenvalue weighted by atomic mass is 35.5. The number of aromatic nitrogens is 1. The van der Waals surface area contributed by atoms with E-state index in [1.54, 1.807) is 13.0 Å². The second-order valence-corrected chi connectivity index (χ2v) is 10.2. The zero-order valence-electron chi connectivity index (χ0n) is 17.3. The first-order chi connectivity index (χ1) is 16.0. The largest absolute Gasteiger partial charge is 0.435 e. The first kappa shape index (κ1) is 24.8. The van der Waals surface area contributed by atoms with Crippen molar-refractivity contribution in [1.29, 1.82) is 0 Å². The predicted molar refractivity (Wildman–Crippen MR) is 126 cm³/mol. The molecule has 1 aliphatic heterocycles. The molecule has 34 heavy (non-hydrogen) atoms. The van der Waals surface area contributed by atoms with Gasteiger partial charge in [0.05, 0.1) is 18.5 Å². The average molecular weight is 549 g/mol. The molecule has 4 rings (SSSR count). The molecule has 0 saturated heterocycles. The molecule has 0 saturated carbocycles. The normalized spacial score (nSPS) is 17.9. The Kier molecular flexibility index (Phi) is 6.83. The lowest BCUT2D eigenvalue weighted by Gasteiger charge is -2.29. The number of hydrogen-bond donors (Lipinski definition) is 1. The van der Waals surface area contributed by atoms with Crippen LogP contribution in [0, 0.1) is 6.92 Å². The number of thiazole rings is 1. The van der Waals surface area contributed by atoms with Crippen LogP contribution in [0.5, 0.6) is 0 Å². The quantitative estimate of drug-likeness (QED) is 0.376. The lowest BCUT2D eigenvalue weighted by atomic mass is 9.86. The van der Waals surface area contributed by atoms with Crippen molar-refractivity contribution in [3.05, 3.63) is 84.2 Å². The molecule has 0 aliphatic carbocycles. The van der Waals surface area contributed by atoms with Gasteiger partial charge in [-0.2, -0.15) is 13.2 Å². The smallest absolute Gasteiger partial charge is 0.374 e. The Labute approximate surface area is 211 Å². The lowest BCUT2D eigenvalue weighted by molar-refractivity contribution is -0.275. The Balaban J connectivity index is 1.55. The number of amides is 1. The summed E-state index contributed by atoms with van der Waals surface area (Å²) in [5.41, 5.74) is -1.55. The van der Waals surface area contributed by atoms with E-state index in [1.807, 2.05) is 0 Å². The molecule has 5 nitrogen and oxygen atoms in total. The van der Waals surface area contributed by atoms with Crippen LogP contribution >= 0.6 is 46.1 Å². The van der Waals surface area contributed by atoms with Gasteiger partial charge in [-0.1, -0.05) is 46.0 Å². The standard InChI is InChI=1S/C22H15Cl3F3N3O2S/c1-11-4-12(2-3-16(11)20(32)30-10-19-29-9-18(25)34-19)17-8-21(33-31-17,22(26,27)28)13-5-14(23)7-15(24)6-13/h2-7,9H,8,10H2,1H3,(H,30,32). The number of nitrogens with one attached hydrogen (secondary N) is 1. The van der Waals surface area contributed by atoms with Crippen LogP contribution in [0.25, 0.3) is 0 Å². The minimum absolute atomic E-state index is 0.0504. The summed E-state index contributed by atoms with van der Waals surface area (Å²) in [5.74, 6) is -0.349. The van der Waals surface area contributed by atoms with Gasteiger partial charge in [0.2, 0.25) is 0 Å². The van der Waals surface area contributed by atoms with Crippen molar-refractivity contribution in [2.24, 2.45) is 5.16 Å². The number of alkyl halides is 3. The van der Waals surface area contributed by atoms with Crippen molar-refractivity contribution < 1.29 is 22.8 Å². The number of carbonyl (C=O) groups excluding carboxylic acids is 1. The maximum atomic E-state index is 14.2. The van der Waals surface area contributed by atoms with E-state index in [4.69, 9.17) is 39.6 Å². The van der Waals surface area contributed by atoms with Crippen molar-refractivity contribution in [2.75, 3.05) is 0 Å². The maximum Gasteiger partial charge on any atom is 0.435 e. The third-order valence-corrected chi connectivity index (χ3v) is 6.80. The van der Waals surface area contributed by atoms with Crippen LogP contribution in [0.3, 0.4) is 0 Å². The molecular weight excluding hydrogens is 534 g/mol. The van der Waals surface area contributed by atoms with Crippen LogP contribution in [0.15, 0.2) is 47.8 Å². The van der Waals surface area contributed by atoms with Gasteiger partial charge in [-0.05, 0) is 48.4 Å². The second-order valence-electron chi connectivity index (χ2n) is 7.56. The summed E-state index contributed by atoms with van der Waals surface area (Å²) in [4.78, 5) is 21.7. The SMILES string of the molecule is Cc1cc(C2=NOC(c3cc(Cl)cc(Cl)c3)(C(F)(F)F)C2)ccc1C(=O)NCc1ncc(Cl)s1. The Morgan fingerprint density at radius 2 is 1.88 bits per heavy atom. The average Bonchev–Trinajstić information content (AvgIpc) is 3.38. The Hall–Kier alpha value is -2.33. The van der Waals surface area contributed by atoms with Crippen LogP contribution in [-0.4, -0.2) is 22.8 Å². The van der Waals surface area contributed by atoms with Gasteiger partial charge >= 0.3 is 6.18 Å². The maximum absolute atomic E-state index is 14.2. The van der Waals surface area contributed by atoms with E-state index in [0.717, 1.165) is 12.1 Å². The number of oxime groups is 1. The summed E-state index contributed by atoms with van der Waals surface area (Å²) in [6.45, 7) is 1.89. The number of halogens is 6. The number of aryl methyl sites for hydroxylation is 1. The fourth-order valence-electron chi connectivity index (χ4n) is 3.56. The fraction of sp³-hybridized carbons (Fsp3) is 0.227. The van der Waals surface area contributed by atoms with Crippen molar-refractivity contribution in [3.63, 3.8) is 0 Å². The molecule has 2 heterocycles. The van der Waals surface area contributed by atoms with Gasteiger partial charge in [0, 0.05) is 27.6 Å². The molecule has 0 bridgehead atoms. The van der Waals surface area contributed by atoms with Gasteiger partial charge in [-0.25, -0.2) is 4.98 Å². The number of hydrogen-bond acceptors (Lipinski definition) is 5. The van der Waals surface area contributed by atoms with Crippen LogP contribution in [-0.2, 0) is 17.0 Å². The molecule has 1 atom stereocenters. The summed E-state index contributed by atoms with van der Waals surface area (Å²) >= 11 is 19.0. The van der Waals surface area contributed by atoms with Crippen molar-refractivity contribution >= 4 is 57.8 Å². The first-order valence-electron chi connectivity index (χ1n) is 9.76. The molecule has 3 aromatic rings. The third kappa shape index (κ3) is 4.88. The molecule has 1 amide bonds. The van der Waals surface area contributed by atoms with Crippen molar-refractivity contribution in [1.82, 2.24) is 10.3 Å². The molecule has 1 N–H and O–H groups in total. The molecule has 0 radical (unpaired) electrons. The monoisotopic (exact) mass is 547 g/mol. The zero-order chi connectivity index (χ0) is 24.7. The second kappa shape index (κ2) is 9.37. The minimum atomic E-state index is -4.79. The van der Waals surface area contributed by atoms with E-state index in [9.17, 15) is 18.0 Å². The molecule has 0 fully saturated rings. The van der Waals surface area contributed by atoms with E-state index in [1.165, 1.54) is 35.7 Å². The number of nitrogens with zero attached hydrogens (tertiary/aromatic N) is 2. The summed E-state index contributed by atoms with van der Waals surface area (Å²) in [5, 5.41) is 7.24. The Morgan fingerprint density at radius 3 is 2.47 bits per heavy atom. The zero-order valence-corrected chi connectivity index (χ0v) is 20.4. The summed E-state index contributed by atoms with van der Waals surface area (Å²) < 4.78 is 43.1. The predicted octanol–water partition coefficient (Wildman–Crippen LogP) is 6.92. The summed E-state index contributed by atoms with van der Waals surface area (Å²) in [6, 6.07) is 8.31. The number of benzene rings is 2. The van der Waals surface area contributed by atoms with E-state index in [0.29, 0.717) is 26.0 Å². The number of carbonyl (C=O) groups is 1. The topological polar surface area (TPSA) is 63.6 Å². The van der Waals surface area contributed by atoms with Gasteiger partial charge < -0.3 is 10.2 Å². The Bertz CT molecular complexity index is 1280. The molecular formula is C22H15Cl3F3N3O2S. The molecule has 1 unspecified atom stereocenters. The van der Waals surface area contributed by atoms with Crippen LogP contribution in [0.1, 0.15) is 38.5 Å². The van der Waals surface area contributed by atoms with E-state index in [2.05, 4.69) is 15.5 Å². The van der Waals surface area contributed by atoms with Gasteiger partial charge in [-0.15, -0.1) is 11.3 Å². The molecule has 1 aliphatic rings. The fourth-order valence-corrected chi connectivity index (χ4v) is 4.99. The molecule has 1 aromatic heterocycles. The van der Waals surface area contributed by atoms with E-state index >= 15 is 0 Å². The van der Waals surface area contributed by atoms with Crippen LogP contribution < -0.4 is 5.32 Å². The van der Waals surface area contributed by atoms with Gasteiger partial charge in [0.1, 0.15) is 9.34 Å². The first-order valence-corrected chi connectivity index (χ1v) is 11.7. The van der Waals surface area contributed by atoms with Crippen molar-refractivity contribution in [3.8, 4) is 0 Å². The van der Waals surface area contributed by atoms with Gasteiger partial charge in [0.15, 0.2) is 0 Å². The highest BCUT2D eigenvalue weighted by Crippen LogP contribution is 2.49. The van der Waals surface area contributed by atoms with Crippen molar-refractivity contribution in [2.45, 2.75) is 31.7 Å².